The van der Waals surface area contributed by atoms with E-state index in [4.69, 9.17) is 21.4 Å². The Balaban J connectivity index is 2.65. The maximum atomic E-state index is 5.58. The van der Waals surface area contributed by atoms with Gasteiger partial charge in [0.2, 0.25) is 0 Å². The lowest BCUT2D eigenvalue weighted by molar-refractivity contribution is 0.340. The van der Waals surface area contributed by atoms with Crippen LogP contribution in [0.4, 0.5) is 0 Å². The van der Waals surface area contributed by atoms with E-state index in [9.17, 15) is 0 Å². The van der Waals surface area contributed by atoms with Crippen molar-refractivity contribution in [3.05, 3.63) is 34.5 Å². The second kappa shape index (κ2) is 4.03. The normalized spacial score (nSPS) is 10.5. The molecule has 0 aliphatic heterocycles. The van der Waals surface area contributed by atoms with Crippen molar-refractivity contribution in [2.75, 3.05) is 6.61 Å². The first-order chi connectivity index (χ1) is 7.20. The molecule has 78 valence electrons. The van der Waals surface area contributed by atoms with Crippen LogP contribution in [-0.2, 0) is 0 Å². The van der Waals surface area contributed by atoms with Gasteiger partial charge in [0, 0.05) is 11.5 Å². The maximum absolute atomic E-state index is 5.58. The second-order valence-corrected chi connectivity index (χ2v) is 3.75. The van der Waals surface area contributed by atoms with Crippen molar-refractivity contribution in [2.45, 2.75) is 13.8 Å². The Bertz CT molecular complexity index is 543. The third-order valence-electron chi connectivity index (χ3n) is 2.13. The number of hydrogen-bond acceptors (Lipinski definition) is 3. The molecule has 1 aromatic carbocycles. The predicted molar refractivity (Wildman–Crippen MR) is 63.0 cm³/mol. The van der Waals surface area contributed by atoms with Gasteiger partial charge in [-0.05, 0) is 32.0 Å². The molecule has 2 rings (SSSR count). The van der Waals surface area contributed by atoms with Crippen LogP contribution in [0.15, 0.2) is 28.7 Å². The molecule has 3 heteroatoms. The SMILES string of the molecule is CCOc1ccc2c(=S)cc(C)oc2c1. The van der Waals surface area contributed by atoms with Crippen LogP contribution in [0.1, 0.15) is 12.7 Å². The van der Waals surface area contributed by atoms with Gasteiger partial charge in [0.1, 0.15) is 17.1 Å². The number of benzene rings is 1. The van der Waals surface area contributed by atoms with E-state index in [0.29, 0.717) is 6.61 Å². The Morgan fingerprint density at radius 1 is 1.33 bits per heavy atom. The van der Waals surface area contributed by atoms with Crippen LogP contribution in [-0.4, -0.2) is 6.61 Å². The summed E-state index contributed by atoms with van der Waals surface area (Å²) in [7, 11) is 0. The molecular formula is C12H12O2S. The van der Waals surface area contributed by atoms with E-state index in [1.54, 1.807) is 0 Å². The van der Waals surface area contributed by atoms with Gasteiger partial charge in [-0.3, -0.25) is 0 Å². The minimum Gasteiger partial charge on any atom is -0.494 e. The molecule has 0 spiro atoms. The van der Waals surface area contributed by atoms with E-state index in [0.717, 1.165) is 27.0 Å². The van der Waals surface area contributed by atoms with E-state index < -0.39 is 0 Å². The van der Waals surface area contributed by atoms with Gasteiger partial charge in [0.25, 0.3) is 0 Å². The standard InChI is InChI=1S/C12H12O2S/c1-3-13-9-4-5-10-11(7-9)14-8(2)6-12(10)15/h4-7H,3H2,1-2H3. The maximum Gasteiger partial charge on any atom is 0.139 e. The topological polar surface area (TPSA) is 22.4 Å². The molecule has 0 unspecified atom stereocenters. The van der Waals surface area contributed by atoms with Gasteiger partial charge in [-0.1, -0.05) is 12.2 Å². The fourth-order valence-corrected chi connectivity index (χ4v) is 1.85. The molecule has 0 atom stereocenters. The van der Waals surface area contributed by atoms with Gasteiger partial charge in [0.15, 0.2) is 0 Å². The highest BCUT2D eigenvalue weighted by Gasteiger charge is 2.01. The lowest BCUT2D eigenvalue weighted by Crippen LogP contribution is -1.90. The van der Waals surface area contributed by atoms with Crippen molar-refractivity contribution in [1.82, 2.24) is 0 Å². The minimum atomic E-state index is 0.651. The smallest absolute Gasteiger partial charge is 0.139 e. The average molecular weight is 220 g/mol. The highest BCUT2D eigenvalue weighted by Crippen LogP contribution is 2.23. The lowest BCUT2D eigenvalue weighted by Gasteiger charge is -2.04. The molecule has 0 N–H and O–H groups in total. The monoisotopic (exact) mass is 220 g/mol. The van der Waals surface area contributed by atoms with E-state index in [2.05, 4.69) is 0 Å². The molecule has 15 heavy (non-hydrogen) atoms. The van der Waals surface area contributed by atoms with E-state index >= 15 is 0 Å². The molecule has 0 fully saturated rings. The Morgan fingerprint density at radius 3 is 2.87 bits per heavy atom. The van der Waals surface area contributed by atoms with Crippen LogP contribution in [0.3, 0.4) is 0 Å². The zero-order valence-electron chi connectivity index (χ0n) is 8.74. The van der Waals surface area contributed by atoms with Crippen molar-refractivity contribution in [2.24, 2.45) is 0 Å². The van der Waals surface area contributed by atoms with Crippen LogP contribution < -0.4 is 4.74 Å². The zero-order chi connectivity index (χ0) is 10.8. The zero-order valence-corrected chi connectivity index (χ0v) is 9.56. The summed E-state index contributed by atoms with van der Waals surface area (Å²) >= 11 is 5.25. The van der Waals surface area contributed by atoms with Crippen LogP contribution in [0, 0.1) is 11.4 Å². The van der Waals surface area contributed by atoms with Crippen molar-refractivity contribution in [1.29, 1.82) is 0 Å². The molecule has 2 nitrogen and oxygen atoms in total. The van der Waals surface area contributed by atoms with Gasteiger partial charge in [-0.2, -0.15) is 0 Å². The summed E-state index contributed by atoms with van der Waals surface area (Å²) < 4.78 is 11.8. The van der Waals surface area contributed by atoms with E-state index in [1.807, 2.05) is 38.1 Å². The minimum absolute atomic E-state index is 0.651. The molecule has 0 saturated carbocycles. The van der Waals surface area contributed by atoms with E-state index in [-0.39, 0.29) is 0 Å². The second-order valence-electron chi connectivity index (χ2n) is 3.31. The fourth-order valence-electron chi connectivity index (χ4n) is 1.51. The summed E-state index contributed by atoms with van der Waals surface area (Å²) in [5.41, 5.74) is 0.783. The summed E-state index contributed by atoms with van der Waals surface area (Å²) in [6, 6.07) is 7.58. The van der Waals surface area contributed by atoms with E-state index in [1.165, 1.54) is 0 Å². The summed E-state index contributed by atoms with van der Waals surface area (Å²) in [6.45, 7) is 4.50. The van der Waals surface area contributed by atoms with Crippen LogP contribution >= 0.6 is 12.2 Å². The molecule has 0 aliphatic carbocycles. The fraction of sp³-hybridized carbons (Fsp3) is 0.250. The highest BCUT2D eigenvalue weighted by atomic mass is 32.1. The average Bonchev–Trinajstić information content (AvgIpc) is 2.17. The summed E-state index contributed by atoms with van der Waals surface area (Å²) in [6.07, 6.45) is 0. The summed E-state index contributed by atoms with van der Waals surface area (Å²) in [4.78, 5) is 0. The van der Waals surface area contributed by atoms with Crippen LogP contribution in [0.5, 0.6) is 5.75 Å². The van der Waals surface area contributed by atoms with Crippen LogP contribution in [0.2, 0.25) is 0 Å². The first kappa shape index (κ1) is 10.2. The molecule has 0 saturated heterocycles. The molecule has 0 bridgehead atoms. The van der Waals surface area contributed by atoms with Gasteiger partial charge in [-0.15, -0.1) is 0 Å². The molecule has 0 aliphatic rings. The number of aryl methyl sites for hydroxylation is 1. The van der Waals surface area contributed by atoms with Gasteiger partial charge >= 0.3 is 0 Å². The number of rotatable bonds is 2. The number of ether oxygens (including phenoxy) is 1. The van der Waals surface area contributed by atoms with Crippen molar-refractivity contribution in [3.8, 4) is 5.75 Å². The number of hydrogen-bond donors (Lipinski definition) is 0. The van der Waals surface area contributed by atoms with Crippen molar-refractivity contribution < 1.29 is 9.15 Å². The van der Waals surface area contributed by atoms with Gasteiger partial charge in [0.05, 0.1) is 11.1 Å². The lowest BCUT2D eigenvalue weighted by atomic mass is 10.2. The highest BCUT2D eigenvalue weighted by molar-refractivity contribution is 7.71. The Labute approximate surface area is 93.5 Å². The van der Waals surface area contributed by atoms with Crippen molar-refractivity contribution in [3.63, 3.8) is 0 Å². The van der Waals surface area contributed by atoms with Gasteiger partial charge in [-0.25, -0.2) is 0 Å². The molecule has 1 heterocycles. The summed E-state index contributed by atoms with van der Waals surface area (Å²) in [5.74, 6) is 1.63. The predicted octanol–water partition coefficient (Wildman–Crippen LogP) is 3.87. The van der Waals surface area contributed by atoms with Crippen molar-refractivity contribution >= 4 is 23.2 Å². The first-order valence-electron chi connectivity index (χ1n) is 4.88. The van der Waals surface area contributed by atoms with Crippen LogP contribution in [0.25, 0.3) is 11.0 Å². The summed E-state index contributed by atoms with van der Waals surface area (Å²) in [5, 5.41) is 0.957. The Hall–Kier alpha value is -1.35. The Morgan fingerprint density at radius 2 is 2.13 bits per heavy atom. The molecule has 1 aromatic heterocycles. The molecule has 0 amide bonds. The number of fused-ring (bicyclic) bond motifs is 1. The third-order valence-corrected chi connectivity index (χ3v) is 2.47. The third kappa shape index (κ3) is 2.02. The molecular weight excluding hydrogens is 208 g/mol. The molecule has 2 aromatic rings. The quantitative estimate of drug-likeness (QED) is 0.717. The Kier molecular flexibility index (Phi) is 2.73. The largest absolute Gasteiger partial charge is 0.494 e. The first-order valence-corrected chi connectivity index (χ1v) is 5.29. The molecule has 0 radical (unpaired) electrons. The van der Waals surface area contributed by atoms with Gasteiger partial charge < -0.3 is 9.15 Å².